The molecule has 122 valence electrons. The number of benzene rings is 1. The molecule has 24 heavy (non-hydrogen) atoms. The highest BCUT2D eigenvalue weighted by Gasteiger charge is 2.10. The summed E-state index contributed by atoms with van der Waals surface area (Å²) in [6.45, 7) is 0.231. The fourth-order valence-corrected chi connectivity index (χ4v) is 1.99. The summed E-state index contributed by atoms with van der Waals surface area (Å²) < 4.78 is 5.12. The maximum atomic E-state index is 11.8. The first-order valence-corrected chi connectivity index (χ1v) is 7.09. The molecular weight excluding hydrogens is 312 g/mol. The molecule has 0 saturated heterocycles. The van der Waals surface area contributed by atoms with Gasteiger partial charge in [-0.3, -0.25) is 9.59 Å². The standard InChI is InChI=1S/C15H14N6O3/c16-14(23)10-3-5-11(6-4-10)15-18-20-21(19-15)9-13(22)17-8-12-2-1-7-24-12/h1-7H,8-9H2,(H2,16,23)(H,17,22). The molecule has 2 amide bonds. The number of hydrogen-bond donors (Lipinski definition) is 2. The number of nitrogens with zero attached hydrogens (tertiary/aromatic N) is 4. The molecule has 0 aliphatic heterocycles. The molecule has 0 aliphatic carbocycles. The molecule has 0 saturated carbocycles. The number of nitrogens with one attached hydrogen (secondary N) is 1. The van der Waals surface area contributed by atoms with E-state index in [1.54, 1.807) is 36.4 Å². The molecule has 2 aromatic heterocycles. The van der Waals surface area contributed by atoms with Crippen molar-refractivity contribution in [2.75, 3.05) is 0 Å². The van der Waals surface area contributed by atoms with Crippen molar-refractivity contribution < 1.29 is 14.0 Å². The maximum Gasteiger partial charge on any atom is 0.248 e. The molecule has 1 aromatic carbocycles. The van der Waals surface area contributed by atoms with E-state index in [-0.39, 0.29) is 12.5 Å². The van der Waals surface area contributed by atoms with Gasteiger partial charge in [-0.2, -0.15) is 4.80 Å². The van der Waals surface area contributed by atoms with Gasteiger partial charge in [-0.1, -0.05) is 12.1 Å². The second kappa shape index (κ2) is 6.73. The topological polar surface area (TPSA) is 129 Å². The van der Waals surface area contributed by atoms with Crippen LogP contribution in [-0.2, 0) is 17.9 Å². The largest absolute Gasteiger partial charge is 0.467 e. The monoisotopic (exact) mass is 326 g/mol. The molecular formula is C15H14N6O3. The zero-order valence-corrected chi connectivity index (χ0v) is 12.5. The fourth-order valence-electron chi connectivity index (χ4n) is 1.99. The van der Waals surface area contributed by atoms with E-state index in [1.807, 2.05) is 0 Å². The molecule has 3 rings (SSSR count). The van der Waals surface area contributed by atoms with Gasteiger partial charge in [0.1, 0.15) is 12.3 Å². The SMILES string of the molecule is NC(=O)c1ccc(-c2nnn(CC(=O)NCc3ccco3)n2)cc1. The third-order valence-electron chi connectivity index (χ3n) is 3.21. The number of hydrogen-bond acceptors (Lipinski definition) is 6. The van der Waals surface area contributed by atoms with Crippen molar-refractivity contribution in [1.82, 2.24) is 25.5 Å². The second-order valence-electron chi connectivity index (χ2n) is 4.94. The Hall–Kier alpha value is -3.49. The van der Waals surface area contributed by atoms with Gasteiger partial charge in [-0.15, -0.1) is 10.2 Å². The smallest absolute Gasteiger partial charge is 0.248 e. The Bertz CT molecular complexity index is 838. The lowest BCUT2D eigenvalue weighted by Crippen LogP contribution is -2.27. The molecule has 0 unspecified atom stereocenters. The van der Waals surface area contributed by atoms with E-state index in [9.17, 15) is 9.59 Å². The van der Waals surface area contributed by atoms with Crippen LogP contribution in [0, 0.1) is 0 Å². The molecule has 0 fully saturated rings. The van der Waals surface area contributed by atoms with Crippen LogP contribution in [0.5, 0.6) is 0 Å². The Morgan fingerprint density at radius 1 is 1.21 bits per heavy atom. The number of carbonyl (C=O) groups excluding carboxylic acids is 2. The third-order valence-corrected chi connectivity index (χ3v) is 3.21. The summed E-state index contributed by atoms with van der Waals surface area (Å²) in [5.41, 5.74) is 6.25. The van der Waals surface area contributed by atoms with E-state index in [1.165, 1.54) is 11.1 Å². The Morgan fingerprint density at radius 3 is 2.67 bits per heavy atom. The van der Waals surface area contributed by atoms with Crippen molar-refractivity contribution in [3.05, 3.63) is 54.0 Å². The molecule has 9 nitrogen and oxygen atoms in total. The average Bonchev–Trinajstić information content (AvgIpc) is 3.25. The van der Waals surface area contributed by atoms with Crippen LogP contribution in [0.15, 0.2) is 47.1 Å². The van der Waals surface area contributed by atoms with Gasteiger partial charge in [0.05, 0.1) is 12.8 Å². The first-order chi connectivity index (χ1) is 11.6. The Balaban J connectivity index is 1.60. The van der Waals surface area contributed by atoms with E-state index >= 15 is 0 Å². The number of amides is 2. The number of rotatable bonds is 6. The summed E-state index contributed by atoms with van der Waals surface area (Å²) in [7, 11) is 0. The molecule has 3 N–H and O–H groups in total. The van der Waals surface area contributed by atoms with Gasteiger partial charge in [0.25, 0.3) is 0 Å². The highest BCUT2D eigenvalue weighted by atomic mass is 16.3. The lowest BCUT2D eigenvalue weighted by molar-refractivity contribution is -0.122. The Kier molecular flexibility index (Phi) is 4.32. The molecule has 2 heterocycles. The van der Waals surface area contributed by atoms with Gasteiger partial charge in [-0.25, -0.2) is 0 Å². The van der Waals surface area contributed by atoms with Crippen molar-refractivity contribution in [3.63, 3.8) is 0 Å². The van der Waals surface area contributed by atoms with Gasteiger partial charge >= 0.3 is 0 Å². The number of tetrazole rings is 1. The van der Waals surface area contributed by atoms with Gasteiger partial charge in [0.2, 0.25) is 17.6 Å². The number of primary amides is 1. The van der Waals surface area contributed by atoms with Crippen LogP contribution < -0.4 is 11.1 Å². The zero-order valence-electron chi connectivity index (χ0n) is 12.5. The Labute approximate surface area is 136 Å². The molecule has 0 bridgehead atoms. The fraction of sp³-hybridized carbons (Fsp3) is 0.133. The normalized spacial score (nSPS) is 10.5. The van der Waals surface area contributed by atoms with Crippen LogP contribution in [0.4, 0.5) is 0 Å². The third kappa shape index (κ3) is 3.64. The van der Waals surface area contributed by atoms with Gasteiger partial charge in [-0.05, 0) is 29.5 Å². The summed E-state index contributed by atoms with van der Waals surface area (Å²) in [5.74, 6) is 0.237. The van der Waals surface area contributed by atoms with Crippen LogP contribution in [0.1, 0.15) is 16.1 Å². The molecule has 0 aliphatic rings. The number of carbonyl (C=O) groups is 2. The number of aromatic nitrogens is 4. The molecule has 9 heteroatoms. The van der Waals surface area contributed by atoms with Crippen molar-refractivity contribution in [2.24, 2.45) is 5.73 Å². The maximum absolute atomic E-state index is 11.8. The molecule has 0 radical (unpaired) electrons. The minimum atomic E-state index is -0.508. The quantitative estimate of drug-likeness (QED) is 0.672. The van der Waals surface area contributed by atoms with E-state index in [2.05, 4.69) is 20.7 Å². The first-order valence-electron chi connectivity index (χ1n) is 7.09. The number of furan rings is 1. The zero-order chi connectivity index (χ0) is 16.9. The highest BCUT2D eigenvalue weighted by Crippen LogP contribution is 2.14. The Morgan fingerprint density at radius 2 is 2.00 bits per heavy atom. The summed E-state index contributed by atoms with van der Waals surface area (Å²) >= 11 is 0. The van der Waals surface area contributed by atoms with E-state index in [0.29, 0.717) is 29.3 Å². The molecule has 0 spiro atoms. The number of nitrogens with two attached hydrogens (primary N) is 1. The van der Waals surface area contributed by atoms with Crippen molar-refractivity contribution in [1.29, 1.82) is 0 Å². The summed E-state index contributed by atoms with van der Waals surface area (Å²) in [6, 6.07) is 10.00. The molecule has 3 aromatic rings. The van der Waals surface area contributed by atoms with E-state index in [0.717, 1.165) is 0 Å². The predicted molar refractivity (Wildman–Crippen MR) is 82.3 cm³/mol. The van der Waals surface area contributed by atoms with Crippen LogP contribution >= 0.6 is 0 Å². The van der Waals surface area contributed by atoms with Crippen molar-refractivity contribution in [2.45, 2.75) is 13.1 Å². The van der Waals surface area contributed by atoms with Crippen LogP contribution in [0.3, 0.4) is 0 Å². The van der Waals surface area contributed by atoms with Gasteiger partial charge in [0.15, 0.2) is 0 Å². The minimum Gasteiger partial charge on any atom is -0.467 e. The van der Waals surface area contributed by atoms with Crippen molar-refractivity contribution >= 4 is 11.8 Å². The van der Waals surface area contributed by atoms with Crippen molar-refractivity contribution in [3.8, 4) is 11.4 Å². The van der Waals surface area contributed by atoms with Crippen LogP contribution in [-0.4, -0.2) is 32.0 Å². The lowest BCUT2D eigenvalue weighted by Gasteiger charge is -2.01. The van der Waals surface area contributed by atoms with Gasteiger partial charge in [0, 0.05) is 11.1 Å². The predicted octanol–water partition coefficient (Wildman–Crippen LogP) is 0.348. The lowest BCUT2D eigenvalue weighted by atomic mass is 10.1. The second-order valence-corrected chi connectivity index (χ2v) is 4.94. The van der Waals surface area contributed by atoms with Crippen LogP contribution in [0.25, 0.3) is 11.4 Å². The highest BCUT2D eigenvalue weighted by molar-refractivity contribution is 5.93. The summed E-state index contributed by atoms with van der Waals surface area (Å²) in [4.78, 5) is 24.1. The van der Waals surface area contributed by atoms with E-state index < -0.39 is 5.91 Å². The van der Waals surface area contributed by atoms with Gasteiger partial charge < -0.3 is 15.5 Å². The molecule has 0 atom stereocenters. The first kappa shape index (κ1) is 15.4. The van der Waals surface area contributed by atoms with E-state index in [4.69, 9.17) is 10.2 Å². The summed E-state index contributed by atoms with van der Waals surface area (Å²) in [6.07, 6.45) is 1.54. The minimum absolute atomic E-state index is 0.0624. The average molecular weight is 326 g/mol. The summed E-state index contributed by atoms with van der Waals surface area (Å²) in [5, 5.41) is 14.5. The van der Waals surface area contributed by atoms with Crippen LogP contribution in [0.2, 0.25) is 0 Å².